The summed E-state index contributed by atoms with van der Waals surface area (Å²) in [6, 6.07) is 15.3. The summed E-state index contributed by atoms with van der Waals surface area (Å²) < 4.78 is 27.0. The average molecular weight is 539 g/mol. The summed E-state index contributed by atoms with van der Waals surface area (Å²) in [5.41, 5.74) is 0.755. The molecule has 1 atom stereocenters. The number of benzene rings is 2. The number of nitrogens with one attached hydrogen (secondary N) is 1. The standard InChI is InChI=1S/C24H32BrN3O4S/c1-6-21(23(30)26-24(2,3)4)27(16-18-10-8-7-9-11-18)22(29)17-28(33(5,31)32)20-14-12-19(25)13-15-20/h7-15,21H,6,16-17H2,1-5H3,(H,26,30)/t21-/m0/s1. The van der Waals surface area contributed by atoms with Crippen LogP contribution in [-0.4, -0.2) is 49.5 Å². The molecule has 0 saturated heterocycles. The van der Waals surface area contributed by atoms with Gasteiger partial charge in [0.1, 0.15) is 12.6 Å². The molecule has 180 valence electrons. The van der Waals surface area contributed by atoms with Crippen LogP contribution in [0.4, 0.5) is 5.69 Å². The minimum atomic E-state index is -3.74. The Balaban J connectivity index is 2.42. The Morgan fingerprint density at radius 1 is 1.03 bits per heavy atom. The fraction of sp³-hybridized carbons (Fsp3) is 0.417. The van der Waals surface area contributed by atoms with Crippen molar-refractivity contribution in [1.29, 1.82) is 0 Å². The molecular weight excluding hydrogens is 506 g/mol. The van der Waals surface area contributed by atoms with E-state index in [1.54, 1.807) is 24.3 Å². The van der Waals surface area contributed by atoms with Gasteiger partial charge in [-0.2, -0.15) is 0 Å². The molecule has 33 heavy (non-hydrogen) atoms. The van der Waals surface area contributed by atoms with Gasteiger partial charge in [-0.3, -0.25) is 13.9 Å². The highest BCUT2D eigenvalue weighted by atomic mass is 79.9. The third kappa shape index (κ3) is 8.16. The highest BCUT2D eigenvalue weighted by molar-refractivity contribution is 9.10. The van der Waals surface area contributed by atoms with E-state index < -0.39 is 34.1 Å². The lowest BCUT2D eigenvalue weighted by molar-refractivity contribution is -0.141. The zero-order valence-electron chi connectivity index (χ0n) is 19.7. The van der Waals surface area contributed by atoms with Crippen LogP contribution in [0.15, 0.2) is 59.1 Å². The first-order chi connectivity index (χ1) is 15.3. The number of carbonyl (C=O) groups is 2. The molecule has 0 aromatic heterocycles. The van der Waals surface area contributed by atoms with Crippen molar-refractivity contribution in [1.82, 2.24) is 10.2 Å². The van der Waals surface area contributed by atoms with E-state index in [2.05, 4.69) is 21.2 Å². The lowest BCUT2D eigenvalue weighted by Crippen LogP contribution is -2.55. The molecule has 0 saturated carbocycles. The Hall–Kier alpha value is -2.39. The van der Waals surface area contributed by atoms with Crippen molar-refractivity contribution >= 4 is 43.5 Å². The van der Waals surface area contributed by atoms with E-state index in [9.17, 15) is 18.0 Å². The highest BCUT2D eigenvalue weighted by Crippen LogP contribution is 2.22. The number of carbonyl (C=O) groups excluding carboxylic acids is 2. The maximum absolute atomic E-state index is 13.5. The molecular formula is C24H32BrN3O4S. The number of rotatable bonds is 9. The second kappa shape index (κ2) is 11.2. The van der Waals surface area contributed by atoms with Gasteiger partial charge in [0.15, 0.2) is 0 Å². The number of amides is 2. The molecule has 0 radical (unpaired) electrons. The second-order valence-electron chi connectivity index (χ2n) is 8.92. The molecule has 1 N–H and O–H groups in total. The minimum absolute atomic E-state index is 0.188. The van der Waals surface area contributed by atoms with E-state index in [0.717, 1.165) is 20.6 Å². The predicted octanol–water partition coefficient (Wildman–Crippen LogP) is 3.94. The van der Waals surface area contributed by atoms with Gasteiger partial charge in [-0.1, -0.05) is 53.2 Å². The maximum Gasteiger partial charge on any atom is 0.244 e. The van der Waals surface area contributed by atoms with Crippen molar-refractivity contribution in [2.75, 3.05) is 17.1 Å². The monoisotopic (exact) mass is 537 g/mol. The Bertz CT molecular complexity index is 1050. The van der Waals surface area contributed by atoms with Gasteiger partial charge in [-0.15, -0.1) is 0 Å². The molecule has 0 aliphatic carbocycles. The van der Waals surface area contributed by atoms with E-state index in [0.29, 0.717) is 12.1 Å². The molecule has 2 rings (SSSR count). The fourth-order valence-corrected chi connectivity index (χ4v) is 4.49. The van der Waals surface area contributed by atoms with Crippen molar-refractivity contribution < 1.29 is 18.0 Å². The van der Waals surface area contributed by atoms with Gasteiger partial charge in [-0.05, 0) is 57.0 Å². The molecule has 2 aromatic rings. The summed E-state index contributed by atoms with van der Waals surface area (Å²) in [6.45, 7) is 7.24. The van der Waals surface area contributed by atoms with Crippen LogP contribution in [0.1, 0.15) is 39.7 Å². The number of halogens is 1. The first-order valence-corrected chi connectivity index (χ1v) is 13.3. The molecule has 0 unspecified atom stereocenters. The summed E-state index contributed by atoms with van der Waals surface area (Å²) in [4.78, 5) is 28.1. The second-order valence-corrected chi connectivity index (χ2v) is 11.7. The largest absolute Gasteiger partial charge is 0.350 e. The fourth-order valence-electron chi connectivity index (χ4n) is 3.37. The molecule has 0 fully saturated rings. The van der Waals surface area contributed by atoms with Gasteiger partial charge >= 0.3 is 0 Å². The third-order valence-corrected chi connectivity index (χ3v) is 6.54. The molecule has 2 aromatic carbocycles. The molecule has 0 bridgehead atoms. The van der Waals surface area contributed by atoms with Gasteiger partial charge in [0.05, 0.1) is 11.9 Å². The minimum Gasteiger partial charge on any atom is -0.350 e. The SMILES string of the molecule is CC[C@@H](C(=O)NC(C)(C)C)N(Cc1ccccc1)C(=O)CN(c1ccc(Br)cc1)S(C)(=O)=O. The van der Waals surface area contributed by atoms with Crippen molar-refractivity contribution in [3.05, 3.63) is 64.6 Å². The number of anilines is 1. The molecule has 2 amide bonds. The zero-order chi connectivity index (χ0) is 24.8. The molecule has 0 aliphatic rings. The Kier molecular flexibility index (Phi) is 9.08. The predicted molar refractivity (Wildman–Crippen MR) is 135 cm³/mol. The topological polar surface area (TPSA) is 86.8 Å². The van der Waals surface area contributed by atoms with Crippen LogP contribution in [0.5, 0.6) is 0 Å². The smallest absolute Gasteiger partial charge is 0.244 e. The molecule has 9 heteroatoms. The van der Waals surface area contributed by atoms with Gasteiger partial charge in [0.25, 0.3) is 0 Å². The van der Waals surface area contributed by atoms with E-state index in [-0.39, 0.29) is 12.5 Å². The quantitative estimate of drug-likeness (QED) is 0.524. The Morgan fingerprint density at radius 3 is 2.09 bits per heavy atom. The average Bonchev–Trinajstić information content (AvgIpc) is 2.71. The lowest BCUT2D eigenvalue weighted by atomic mass is 10.1. The van der Waals surface area contributed by atoms with Crippen LogP contribution in [0.3, 0.4) is 0 Å². The summed E-state index contributed by atoms with van der Waals surface area (Å²) in [6.07, 6.45) is 1.45. The van der Waals surface area contributed by atoms with Gasteiger partial charge in [0.2, 0.25) is 21.8 Å². The molecule has 7 nitrogen and oxygen atoms in total. The first-order valence-electron chi connectivity index (χ1n) is 10.7. The first kappa shape index (κ1) is 26.9. The van der Waals surface area contributed by atoms with Crippen LogP contribution in [0.25, 0.3) is 0 Å². The van der Waals surface area contributed by atoms with Crippen LogP contribution in [0, 0.1) is 0 Å². The van der Waals surface area contributed by atoms with Crippen LogP contribution < -0.4 is 9.62 Å². The number of sulfonamides is 1. The summed E-state index contributed by atoms with van der Waals surface area (Å²) in [7, 11) is -3.74. The summed E-state index contributed by atoms with van der Waals surface area (Å²) in [5.74, 6) is -0.730. The van der Waals surface area contributed by atoms with Crippen LogP contribution in [0.2, 0.25) is 0 Å². The van der Waals surface area contributed by atoms with Crippen molar-refractivity contribution in [2.45, 2.75) is 52.2 Å². The molecule has 0 spiro atoms. The zero-order valence-corrected chi connectivity index (χ0v) is 22.1. The Morgan fingerprint density at radius 2 is 1.61 bits per heavy atom. The van der Waals surface area contributed by atoms with Gasteiger partial charge in [0, 0.05) is 16.6 Å². The highest BCUT2D eigenvalue weighted by Gasteiger charge is 2.33. The summed E-state index contributed by atoms with van der Waals surface area (Å²) in [5, 5.41) is 2.94. The normalized spacial score (nSPS) is 12.7. The van der Waals surface area contributed by atoms with E-state index in [4.69, 9.17) is 0 Å². The van der Waals surface area contributed by atoms with Crippen molar-refractivity contribution in [3.8, 4) is 0 Å². The van der Waals surface area contributed by atoms with Crippen LogP contribution >= 0.6 is 15.9 Å². The van der Waals surface area contributed by atoms with E-state index in [1.165, 1.54) is 4.90 Å². The summed E-state index contributed by atoms with van der Waals surface area (Å²) >= 11 is 3.34. The third-order valence-electron chi connectivity index (χ3n) is 4.87. The van der Waals surface area contributed by atoms with Gasteiger partial charge in [-0.25, -0.2) is 8.42 Å². The molecule has 0 heterocycles. The van der Waals surface area contributed by atoms with E-state index >= 15 is 0 Å². The Labute approximate surface area is 205 Å². The van der Waals surface area contributed by atoms with Crippen molar-refractivity contribution in [3.63, 3.8) is 0 Å². The maximum atomic E-state index is 13.5. The van der Waals surface area contributed by atoms with Crippen molar-refractivity contribution in [2.24, 2.45) is 0 Å². The molecule has 0 aliphatic heterocycles. The van der Waals surface area contributed by atoms with Crippen LogP contribution in [-0.2, 0) is 26.2 Å². The number of hydrogen-bond donors (Lipinski definition) is 1. The number of hydrogen-bond acceptors (Lipinski definition) is 4. The van der Waals surface area contributed by atoms with E-state index in [1.807, 2.05) is 58.0 Å². The van der Waals surface area contributed by atoms with Gasteiger partial charge < -0.3 is 10.2 Å². The lowest BCUT2D eigenvalue weighted by Gasteiger charge is -2.34. The number of nitrogens with zero attached hydrogens (tertiary/aromatic N) is 2.